The zero-order chi connectivity index (χ0) is 15.4. The van der Waals surface area contributed by atoms with Gasteiger partial charge in [0.05, 0.1) is 4.90 Å². The fourth-order valence-electron chi connectivity index (χ4n) is 1.45. The number of sulfonamides is 1. The molecule has 0 fully saturated rings. The summed E-state index contributed by atoms with van der Waals surface area (Å²) < 4.78 is 62.4. The normalized spacial score (nSPS) is 12.6. The van der Waals surface area contributed by atoms with Gasteiger partial charge in [-0.2, -0.15) is 0 Å². The number of nitrogens with one attached hydrogen (secondary N) is 2. The Morgan fingerprint density at radius 1 is 1.15 bits per heavy atom. The quantitative estimate of drug-likeness (QED) is 0.549. The largest absolute Gasteiger partial charge is 0.316 e. The van der Waals surface area contributed by atoms with Crippen molar-refractivity contribution in [3.63, 3.8) is 0 Å². The van der Waals surface area contributed by atoms with Gasteiger partial charge in [-0.05, 0) is 24.7 Å². The molecule has 0 aliphatic rings. The maximum Gasteiger partial charge on any atom is 0.243 e. The van der Waals surface area contributed by atoms with E-state index in [-0.39, 0.29) is 11.4 Å². The fraction of sp³-hybridized carbons (Fsp3) is 0.455. The molecule has 0 amide bonds. The number of hydrogen-bond donors (Lipinski definition) is 2. The highest BCUT2D eigenvalue weighted by Gasteiger charge is 2.21. The van der Waals surface area contributed by atoms with Crippen molar-refractivity contribution in [3.05, 3.63) is 24.0 Å². The zero-order valence-corrected chi connectivity index (χ0v) is 12.8. The van der Waals surface area contributed by atoms with Crippen LogP contribution in [0.3, 0.4) is 0 Å². The molecule has 0 radical (unpaired) electrons. The maximum atomic E-state index is 13.6. The van der Waals surface area contributed by atoms with Gasteiger partial charge < -0.3 is 5.32 Å². The smallest absolute Gasteiger partial charge is 0.243 e. The standard InChI is InChI=1S/C11H17FN2O4S2/c1-3-13-6-7-14-20(17,18)11-8-9(19(2,15)16)4-5-10(11)12/h4-5,8,13-14H,3,6-7H2,1-2H3. The second kappa shape index (κ2) is 6.61. The second-order valence-corrected chi connectivity index (χ2v) is 7.87. The first-order chi connectivity index (χ1) is 9.18. The van der Waals surface area contributed by atoms with Crippen molar-refractivity contribution in [3.8, 4) is 0 Å². The molecule has 6 nitrogen and oxygen atoms in total. The van der Waals surface area contributed by atoms with Crippen molar-refractivity contribution in [2.45, 2.75) is 16.7 Å². The Balaban J connectivity index is 3.05. The lowest BCUT2D eigenvalue weighted by Crippen LogP contribution is -2.32. The first kappa shape index (κ1) is 17.0. The number of likely N-dealkylation sites (N-methyl/N-ethyl adjacent to an activating group) is 1. The SMILES string of the molecule is CCNCCNS(=O)(=O)c1cc(S(C)(=O)=O)ccc1F. The van der Waals surface area contributed by atoms with Gasteiger partial charge in [-0.3, -0.25) is 0 Å². The van der Waals surface area contributed by atoms with Gasteiger partial charge in [-0.1, -0.05) is 6.92 Å². The van der Waals surface area contributed by atoms with Gasteiger partial charge in [0.25, 0.3) is 0 Å². The Kier molecular flexibility index (Phi) is 5.63. The summed E-state index contributed by atoms with van der Waals surface area (Å²) in [5.41, 5.74) is 0. The number of sulfone groups is 1. The topological polar surface area (TPSA) is 92.3 Å². The molecule has 0 unspecified atom stereocenters. The van der Waals surface area contributed by atoms with E-state index < -0.39 is 30.6 Å². The first-order valence-electron chi connectivity index (χ1n) is 5.88. The van der Waals surface area contributed by atoms with Crippen LogP contribution in [0.5, 0.6) is 0 Å². The van der Waals surface area contributed by atoms with Crippen molar-refractivity contribution >= 4 is 19.9 Å². The average molecular weight is 324 g/mol. The van der Waals surface area contributed by atoms with Gasteiger partial charge in [0.1, 0.15) is 10.7 Å². The third-order valence-electron chi connectivity index (χ3n) is 2.46. The Bertz CT molecular complexity index is 672. The van der Waals surface area contributed by atoms with E-state index >= 15 is 0 Å². The van der Waals surface area contributed by atoms with Crippen LogP contribution in [-0.4, -0.2) is 42.7 Å². The highest BCUT2D eigenvalue weighted by molar-refractivity contribution is 7.91. The van der Waals surface area contributed by atoms with Crippen LogP contribution in [-0.2, 0) is 19.9 Å². The maximum absolute atomic E-state index is 13.6. The Labute approximate surface area is 118 Å². The Morgan fingerprint density at radius 3 is 2.35 bits per heavy atom. The molecule has 0 aromatic heterocycles. The molecule has 0 atom stereocenters. The van der Waals surface area contributed by atoms with Crippen molar-refractivity contribution in [1.29, 1.82) is 0 Å². The van der Waals surface area contributed by atoms with E-state index in [1.165, 1.54) is 0 Å². The lowest BCUT2D eigenvalue weighted by molar-refractivity contribution is 0.553. The molecule has 0 heterocycles. The predicted octanol–water partition coefficient (Wildman–Crippen LogP) is 0.117. The van der Waals surface area contributed by atoms with Crippen molar-refractivity contribution < 1.29 is 21.2 Å². The third-order valence-corrected chi connectivity index (χ3v) is 5.05. The number of halogens is 1. The van der Waals surface area contributed by atoms with Crippen LogP contribution >= 0.6 is 0 Å². The number of rotatable bonds is 7. The van der Waals surface area contributed by atoms with E-state index in [0.29, 0.717) is 13.1 Å². The van der Waals surface area contributed by atoms with Gasteiger partial charge in [-0.15, -0.1) is 0 Å². The summed E-state index contributed by atoms with van der Waals surface area (Å²) in [5, 5.41) is 2.91. The molecular weight excluding hydrogens is 307 g/mol. The first-order valence-corrected chi connectivity index (χ1v) is 9.26. The molecular formula is C11H17FN2O4S2. The monoisotopic (exact) mass is 324 g/mol. The van der Waals surface area contributed by atoms with Crippen molar-refractivity contribution in [2.24, 2.45) is 0 Å². The van der Waals surface area contributed by atoms with Gasteiger partial charge >= 0.3 is 0 Å². The van der Waals surface area contributed by atoms with E-state index in [4.69, 9.17) is 0 Å². The highest BCUT2D eigenvalue weighted by Crippen LogP contribution is 2.19. The van der Waals surface area contributed by atoms with Crippen LogP contribution in [0.25, 0.3) is 0 Å². The average Bonchev–Trinajstić information content (AvgIpc) is 2.33. The minimum absolute atomic E-state index is 0.0821. The van der Waals surface area contributed by atoms with E-state index in [9.17, 15) is 21.2 Å². The molecule has 1 aromatic carbocycles. The second-order valence-electron chi connectivity index (χ2n) is 4.12. The summed E-state index contributed by atoms with van der Waals surface area (Å²) in [6.07, 6.45) is 0.926. The van der Waals surface area contributed by atoms with Crippen molar-refractivity contribution in [2.75, 3.05) is 25.9 Å². The fourth-order valence-corrected chi connectivity index (χ4v) is 3.30. The lowest BCUT2D eigenvalue weighted by Gasteiger charge is -2.09. The summed E-state index contributed by atoms with van der Waals surface area (Å²) in [6, 6.07) is 2.68. The molecule has 0 saturated heterocycles. The van der Waals surface area contributed by atoms with Crippen LogP contribution in [0, 0.1) is 5.82 Å². The van der Waals surface area contributed by atoms with E-state index in [2.05, 4.69) is 10.0 Å². The van der Waals surface area contributed by atoms with Gasteiger partial charge in [0.2, 0.25) is 10.0 Å². The molecule has 0 bridgehead atoms. The molecule has 0 aliphatic heterocycles. The summed E-state index contributed by atoms with van der Waals surface area (Å²) >= 11 is 0. The van der Waals surface area contributed by atoms with Crippen molar-refractivity contribution in [1.82, 2.24) is 10.0 Å². The summed E-state index contributed by atoms with van der Waals surface area (Å²) in [6.45, 7) is 3.02. The molecule has 1 rings (SSSR count). The van der Waals surface area contributed by atoms with E-state index in [1.807, 2.05) is 6.92 Å². The van der Waals surface area contributed by atoms with Gasteiger partial charge in [0.15, 0.2) is 9.84 Å². The van der Waals surface area contributed by atoms with Gasteiger partial charge in [0, 0.05) is 19.3 Å². The minimum Gasteiger partial charge on any atom is -0.316 e. The van der Waals surface area contributed by atoms with E-state index in [1.54, 1.807) is 0 Å². The molecule has 114 valence electrons. The summed E-state index contributed by atoms with van der Waals surface area (Å²) in [7, 11) is -7.69. The molecule has 9 heteroatoms. The molecule has 20 heavy (non-hydrogen) atoms. The summed E-state index contributed by atoms with van der Waals surface area (Å²) in [5.74, 6) is -0.992. The molecule has 0 aliphatic carbocycles. The Morgan fingerprint density at radius 2 is 1.80 bits per heavy atom. The Hall–Kier alpha value is -1.03. The van der Waals surface area contributed by atoms with Crippen LogP contribution in [0.15, 0.2) is 28.0 Å². The third kappa shape index (κ3) is 4.51. The summed E-state index contributed by atoms with van der Waals surface area (Å²) in [4.78, 5) is -0.914. The zero-order valence-electron chi connectivity index (χ0n) is 11.2. The van der Waals surface area contributed by atoms with Gasteiger partial charge in [-0.25, -0.2) is 25.9 Å². The lowest BCUT2D eigenvalue weighted by atomic mass is 10.3. The molecule has 0 saturated carbocycles. The molecule has 0 spiro atoms. The van der Waals surface area contributed by atoms with Crippen LogP contribution in [0.2, 0.25) is 0 Å². The molecule has 2 N–H and O–H groups in total. The van der Waals surface area contributed by atoms with E-state index in [0.717, 1.165) is 24.5 Å². The minimum atomic E-state index is -4.08. The number of benzene rings is 1. The highest BCUT2D eigenvalue weighted by atomic mass is 32.2. The predicted molar refractivity (Wildman–Crippen MR) is 73.2 cm³/mol. The van der Waals surface area contributed by atoms with Crippen LogP contribution in [0.4, 0.5) is 4.39 Å². The number of hydrogen-bond acceptors (Lipinski definition) is 5. The van der Waals surface area contributed by atoms with Crippen LogP contribution < -0.4 is 10.0 Å². The molecule has 1 aromatic rings. The van der Waals surface area contributed by atoms with Crippen LogP contribution in [0.1, 0.15) is 6.92 Å².